The third-order valence-corrected chi connectivity index (χ3v) is 5.58. The fraction of sp³-hybridized carbons (Fsp3) is 0.227. The normalized spacial score (nSPS) is 15.6. The summed E-state index contributed by atoms with van der Waals surface area (Å²) in [5.41, 5.74) is 5.91. The first-order chi connectivity index (χ1) is 14.0. The van der Waals surface area contributed by atoms with Gasteiger partial charge < -0.3 is 0 Å². The van der Waals surface area contributed by atoms with Gasteiger partial charge in [0, 0.05) is 23.7 Å². The molecule has 2 N–H and O–H groups in total. The monoisotopic (exact) mass is 411 g/mol. The highest BCUT2D eigenvalue weighted by molar-refractivity contribution is 6.31. The van der Waals surface area contributed by atoms with Gasteiger partial charge in [-0.2, -0.15) is 0 Å². The molecule has 1 atom stereocenters. The summed E-state index contributed by atoms with van der Waals surface area (Å²) in [4.78, 5) is 20.7. The van der Waals surface area contributed by atoms with Crippen molar-refractivity contribution in [2.75, 3.05) is 0 Å². The fourth-order valence-electron chi connectivity index (χ4n) is 3.78. The topological polar surface area (TPSA) is 75.1 Å². The molecule has 3 aromatic rings. The molecule has 0 spiro atoms. The van der Waals surface area contributed by atoms with Crippen LogP contribution in [-0.2, 0) is 19.3 Å². The Labute approximate surface area is 172 Å². The summed E-state index contributed by atoms with van der Waals surface area (Å²) in [7, 11) is 0. The van der Waals surface area contributed by atoms with E-state index in [1.807, 2.05) is 12.1 Å². The molecule has 1 aromatic heterocycles. The van der Waals surface area contributed by atoms with Crippen molar-refractivity contribution in [1.29, 1.82) is 0 Å². The van der Waals surface area contributed by atoms with Crippen molar-refractivity contribution in [3.8, 4) is 11.3 Å². The van der Waals surface area contributed by atoms with Crippen LogP contribution in [0.4, 0.5) is 4.39 Å². The summed E-state index contributed by atoms with van der Waals surface area (Å²) in [5.74, 6) is 0.103. The van der Waals surface area contributed by atoms with Crippen LogP contribution in [0.25, 0.3) is 11.3 Å². The van der Waals surface area contributed by atoms with Crippen LogP contribution in [0.15, 0.2) is 48.7 Å². The molecule has 4 rings (SSSR count). The first-order valence-electron chi connectivity index (χ1n) is 9.37. The van der Waals surface area contributed by atoms with Gasteiger partial charge in [0.1, 0.15) is 11.6 Å². The van der Waals surface area contributed by atoms with Crippen molar-refractivity contribution in [2.45, 2.75) is 25.7 Å². The van der Waals surface area contributed by atoms with E-state index in [1.165, 1.54) is 11.6 Å². The van der Waals surface area contributed by atoms with E-state index in [4.69, 9.17) is 16.8 Å². The molecule has 148 valence electrons. The lowest BCUT2D eigenvalue weighted by Crippen LogP contribution is -2.21. The molecule has 1 heterocycles. The summed E-state index contributed by atoms with van der Waals surface area (Å²) in [6, 6.07) is 11.8. The Hall–Kier alpha value is -2.83. The molecule has 7 heteroatoms. The number of benzene rings is 2. The maximum Gasteiger partial charge on any atom is 0.274 e. The van der Waals surface area contributed by atoms with Crippen LogP contribution in [0, 0.1) is 11.7 Å². The summed E-state index contributed by atoms with van der Waals surface area (Å²) in [6.45, 7) is 0. The molecule has 2 aromatic carbocycles. The van der Waals surface area contributed by atoms with Gasteiger partial charge in [-0.05, 0) is 72.7 Å². The Morgan fingerprint density at radius 2 is 2.07 bits per heavy atom. The molecule has 1 aliphatic carbocycles. The predicted octanol–water partition coefficient (Wildman–Crippen LogP) is 4.40. The average Bonchev–Trinajstić information content (AvgIpc) is 2.74. The van der Waals surface area contributed by atoms with Crippen LogP contribution in [0.1, 0.15) is 33.7 Å². The molecule has 0 aliphatic heterocycles. The molecule has 0 bridgehead atoms. The van der Waals surface area contributed by atoms with E-state index in [9.17, 15) is 9.18 Å². The number of fused-ring (bicyclic) bond motifs is 1. The predicted molar refractivity (Wildman–Crippen MR) is 107 cm³/mol. The zero-order valence-electron chi connectivity index (χ0n) is 15.5. The second-order valence-corrected chi connectivity index (χ2v) is 7.63. The standard InChI is InChI=1S/C22H19ClFN3O2/c23-18-12-15(5-6-19(18)24)20-7-8-25-21(26-20)10-13-1-2-14-3-4-16(22(28)27-29)11-17(14)9-13/h3-8,11-13,29H,1-2,9-10H2,(H,27,28). The van der Waals surface area contributed by atoms with Gasteiger partial charge in [-0.25, -0.2) is 19.8 Å². The number of halogens is 2. The molecule has 1 aliphatic rings. The number of aryl methyl sites for hydroxylation is 1. The van der Waals surface area contributed by atoms with Crippen molar-refractivity contribution in [2.24, 2.45) is 5.92 Å². The number of amides is 1. The third kappa shape index (κ3) is 4.28. The smallest absolute Gasteiger partial charge is 0.274 e. The van der Waals surface area contributed by atoms with Crippen LogP contribution >= 0.6 is 11.6 Å². The highest BCUT2D eigenvalue weighted by Crippen LogP contribution is 2.29. The molecule has 1 unspecified atom stereocenters. The van der Waals surface area contributed by atoms with Gasteiger partial charge >= 0.3 is 0 Å². The van der Waals surface area contributed by atoms with Gasteiger partial charge in [-0.1, -0.05) is 17.7 Å². The molecule has 5 nitrogen and oxygen atoms in total. The van der Waals surface area contributed by atoms with Crippen LogP contribution < -0.4 is 5.48 Å². The number of hydroxylamine groups is 1. The Kier molecular flexibility index (Phi) is 5.56. The Morgan fingerprint density at radius 3 is 2.86 bits per heavy atom. The van der Waals surface area contributed by atoms with Crippen LogP contribution in [0.5, 0.6) is 0 Å². The number of nitrogens with one attached hydrogen (secondary N) is 1. The summed E-state index contributed by atoms with van der Waals surface area (Å²) in [5, 5.41) is 8.91. The minimum atomic E-state index is -0.510. The highest BCUT2D eigenvalue weighted by atomic mass is 35.5. The molecule has 0 saturated carbocycles. The molecule has 0 radical (unpaired) electrons. The average molecular weight is 412 g/mol. The molecule has 0 saturated heterocycles. The Morgan fingerprint density at radius 1 is 1.21 bits per heavy atom. The third-order valence-electron chi connectivity index (χ3n) is 5.29. The Bertz CT molecular complexity index is 1070. The lowest BCUT2D eigenvalue weighted by Gasteiger charge is -2.24. The molecule has 0 fully saturated rings. The number of rotatable bonds is 4. The van der Waals surface area contributed by atoms with Crippen LogP contribution in [0.3, 0.4) is 0 Å². The van der Waals surface area contributed by atoms with E-state index in [0.717, 1.165) is 36.2 Å². The maximum absolute atomic E-state index is 13.4. The quantitative estimate of drug-likeness (QED) is 0.492. The fourth-order valence-corrected chi connectivity index (χ4v) is 3.96. The number of aromatic nitrogens is 2. The van der Waals surface area contributed by atoms with Crippen LogP contribution in [-0.4, -0.2) is 21.1 Å². The zero-order chi connectivity index (χ0) is 20.4. The summed E-state index contributed by atoms with van der Waals surface area (Å²) in [6.07, 6.45) is 5.16. The lowest BCUT2D eigenvalue weighted by molar-refractivity contribution is 0.0706. The largest absolute Gasteiger partial charge is 0.288 e. The van der Waals surface area contributed by atoms with E-state index in [2.05, 4.69) is 9.97 Å². The number of carbonyl (C=O) groups is 1. The molecular weight excluding hydrogens is 393 g/mol. The van der Waals surface area contributed by atoms with Crippen molar-refractivity contribution in [3.63, 3.8) is 0 Å². The minimum absolute atomic E-state index is 0.0641. The van der Waals surface area contributed by atoms with Crippen molar-refractivity contribution >= 4 is 17.5 Å². The van der Waals surface area contributed by atoms with E-state index in [0.29, 0.717) is 23.6 Å². The SMILES string of the molecule is O=C(NO)c1ccc2c(c1)CC(Cc1nccc(-c3ccc(F)c(Cl)c3)n1)CC2. The van der Waals surface area contributed by atoms with Gasteiger partial charge in [0.05, 0.1) is 10.7 Å². The molecule has 1 amide bonds. The van der Waals surface area contributed by atoms with Gasteiger partial charge in [-0.15, -0.1) is 0 Å². The van der Waals surface area contributed by atoms with Crippen LogP contribution in [0.2, 0.25) is 5.02 Å². The van der Waals surface area contributed by atoms with Gasteiger partial charge in [0.2, 0.25) is 0 Å². The van der Waals surface area contributed by atoms with Gasteiger partial charge in [0.15, 0.2) is 0 Å². The van der Waals surface area contributed by atoms with E-state index >= 15 is 0 Å². The van der Waals surface area contributed by atoms with Crippen molar-refractivity contribution in [3.05, 3.63) is 82.0 Å². The highest BCUT2D eigenvalue weighted by Gasteiger charge is 2.21. The summed E-state index contributed by atoms with van der Waals surface area (Å²) >= 11 is 5.89. The number of carbonyl (C=O) groups excluding carboxylic acids is 1. The van der Waals surface area contributed by atoms with Crippen molar-refractivity contribution in [1.82, 2.24) is 15.4 Å². The lowest BCUT2D eigenvalue weighted by atomic mass is 9.81. The zero-order valence-corrected chi connectivity index (χ0v) is 16.3. The van der Waals surface area contributed by atoms with Crippen molar-refractivity contribution < 1.29 is 14.4 Å². The molecular formula is C22H19ClFN3O2. The van der Waals surface area contributed by atoms with Gasteiger partial charge in [0.25, 0.3) is 5.91 Å². The maximum atomic E-state index is 13.4. The first-order valence-corrected chi connectivity index (χ1v) is 9.75. The number of hydrogen-bond donors (Lipinski definition) is 2. The van der Waals surface area contributed by atoms with E-state index in [1.54, 1.807) is 35.9 Å². The first kappa shape index (κ1) is 19.5. The Balaban J connectivity index is 1.52. The molecule has 29 heavy (non-hydrogen) atoms. The number of nitrogens with zero attached hydrogens (tertiary/aromatic N) is 2. The van der Waals surface area contributed by atoms with E-state index < -0.39 is 11.7 Å². The van der Waals surface area contributed by atoms with Gasteiger partial charge in [-0.3, -0.25) is 10.0 Å². The minimum Gasteiger partial charge on any atom is -0.288 e. The number of hydrogen-bond acceptors (Lipinski definition) is 4. The second-order valence-electron chi connectivity index (χ2n) is 7.22. The second kappa shape index (κ2) is 8.27. The summed E-state index contributed by atoms with van der Waals surface area (Å²) < 4.78 is 13.4. The van der Waals surface area contributed by atoms with E-state index in [-0.39, 0.29) is 5.02 Å².